The summed E-state index contributed by atoms with van der Waals surface area (Å²) in [5.41, 5.74) is 12.0. The lowest BCUT2D eigenvalue weighted by Gasteiger charge is -2.16. The third-order valence-electron chi connectivity index (χ3n) is 5.76. The van der Waals surface area contributed by atoms with Gasteiger partial charge in [0, 0.05) is 23.6 Å². The highest BCUT2D eigenvalue weighted by molar-refractivity contribution is 6.44. The smallest absolute Gasteiger partial charge is 0.288 e. The van der Waals surface area contributed by atoms with Crippen LogP contribution in [0.3, 0.4) is 0 Å². The molecule has 1 aromatic heterocycles. The number of carbonyl (C=O) groups excluding carboxylic acids is 3. The highest BCUT2D eigenvalue weighted by Gasteiger charge is 2.29. The second kappa shape index (κ2) is 12.3. The molecule has 3 aromatic rings. The van der Waals surface area contributed by atoms with Crippen molar-refractivity contribution in [3.8, 4) is 17.2 Å². The van der Waals surface area contributed by atoms with E-state index in [2.05, 4.69) is 20.6 Å². The molecule has 2 aromatic carbocycles. The van der Waals surface area contributed by atoms with Gasteiger partial charge in [-0.1, -0.05) is 29.8 Å². The molecule has 0 saturated heterocycles. The Morgan fingerprint density at radius 2 is 1.98 bits per heavy atom. The second-order valence-corrected chi connectivity index (χ2v) is 9.24. The van der Waals surface area contributed by atoms with Crippen molar-refractivity contribution in [1.82, 2.24) is 10.3 Å². The summed E-state index contributed by atoms with van der Waals surface area (Å²) < 4.78 is 11.3. The quantitative estimate of drug-likeness (QED) is 0.173. The lowest BCUT2D eigenvalue weighted by Crippen LogP contribution is -2.28. The molecule has 1 fully saturated rings. The molecular weight excluding hydrogens is 538 g/mol. The largest absolute Gasteiger partial charge is 0.494 e. The molecule has 13 heteroatoms. The Kier molecular flexibility index (Phi) is 8.60. The van der Waals surface area contributed by atoms with Crippen molar-refractivity contribution in [2.75, 3.05) is 12.4 Å². The number of benzene rings is 2. The van der Waals surface area contributed by atoms with Crippen LogP contribution in [0.25, 0.3) is 11.5 Å². The molecule has 1 heterocycles. The number of hydrogen-bond acceptors (Lipinski definition) is 8. The molecule has 0 bridgehead atoms. The monoisotopic (exact) mass is 563 g/mol. The van der Waals surface area contributed by atoms with E-state index in [1.807, 2.05) is 6.07 Å². The van der Waals surface area contributed by atoms with Crippen molar-refractivity contribution in [3.63, 3.8) is 0 Å². The molecule has 40 heavy (non-hydrogen) atoms. The lowest BCUT2D eigenvalue weighted by molar-refractivity contribution is -0.119. The number of ether oxygens (including phenoxy) is 1. The maximum Gasteiger partial charge on any atom is 0.288 e. The van der Waals surface area contributed by atoms with Crippen LogP contribution in [0.4, 0.5) is 5.69 Å². The second-order valence-electron chi connectivity index (χ2n) is 8.80. The van der Waals surface area contributed by atoms with Gasteiger partial charge in [-0.05, 0) is 42.7 Å². The van der Waals surface area contributed by atoms with Gasteiger partial charge in [0.25, 0.3) is 17.7 Å². The number of amides is 3. The summed E-state index contributed by atoms with van der Waals surface area (Å²) in [4.78, 5) is 44.5. The van der Waals surface area contributed by atoms with Crippen LogP contribution in [0.15, 0.2) is 69.8 Å². The van der Waals surface area contributed by atoms with E-state index >= 15 is 0 Å². The molecule has 3 amide bonds. The third-order valence-corrected chi connectivity index (χ3v) is 6.00. The van der Waals surface area contributed by atoms with Crippen LogP contribution in [0.2, 0.25) is 5.02 Å². The first-order valence-electron chi connectivity index (χ1n) is 12.1. The van der Waals surface area contributed by atoms with Crippen LogP contribution in [-0.2, 0) is 16.1 Å². The number of hydrogen-bond donors (Lipinski definition) is 5. The van der Waals surface area contributed by atoms with Gasteiger partial charge in [0.2, 0.25) is 11.7 Å². The molecule has 1 aliphatic carbocycles. The topological polar surface area (TPSA) is 199 Å². The first kappa shape index (κ1) is 28.0. The summed E-state index contributed by atoms with van der Waals surface area (Å²) >= 11 is 5.99. The molecule has 0 spiro atoms. The van der Waals surface area contributed by atoms with Crippen molar-refractivity contribution in [2.24, 2.45) is 22.4 Å². The third kappa shape index (κ3) is 6.91. The number of primary amides is 1. The minimum Gasteiger partial charge on any atom is -0.494 e. The van der Waals surface area contributed by atoms with Crippen molar-refractivity contribution in [1.29, 1.82) is 5.41 Å². The summed E-state index contributed by atoms with van der Waals surface area (Å²) in [5, 5.41) is 14.3. The van der Waals surface area contributed by atoms with E-state index in [0.717, 1.165) is 18.4 Å². The van der Waals surface area contributed by atoms with Gasteiger partial charge >= 0.3 is 0 Å². The Labute approximate surface area is 234 Å². The average Bonchev–Trinajstić information content (AvgIpc) is 3.67. The van der Waals surface area contributed by atoms with Crippen LogP contribution < -0.4 is 26.8 Å². The van der Waals surface area contributed by atoms with Crippen molar-refractivity contribution >= 4 is 46.6 Å². The molecule has 0 aliphatic heterocycles. The number of aromatic nitrogens is 1. The zero-order valence-corrected chi connectivity index (χ0v) is 22.1. The fourth-order valence-corrected chi connectivity index (χ4v) is 3.83. The fraction of sp³-hybridized carbons (Fsp3) is 0.185. The zero-order chi connectivity index (χ0) is 28.8. The van der Waals surface area contributed by atoms with E-state index in [0.29, 0.717) is 16.3 Å². The Morgan fingerprint density at radius 1 is 1.23 bits per heavy atom. The molecule has 12 nitrogen and oxygen atoms in total. The first-order chi connectivity index (χ1) is 19.2. The van der Waals surface area contributed by atoms with Crippen LogP contribution >= 0.6 is 11.6 Å². The minimum absolute atomic E-state index is 0.0298. The summed E-state index contributed by atoms with van der Waals surface area (Å²) in [6, 6.07) is 12.0. The van der Waals surface area contributed by atoms with Gasteiger partial charge in [0.15, 0.2) is 5.75 Å². The van der Waals surface area contributed by atoms with Gasteiger partial charge in [-0.25, -0.2) is 4.98 Å². The molecule has 4 rings (SSSR count). The summed E-state index contributed by atoms with van der Waals surface area (Å²) in [6.07, 6.45) is 3.95. The van der Waals surface area contributed by atoms with Gasteiger partial charge in [-0.2, -0.15) is 4.99 Å². The van der Waals surface area contributed by atoms with Crippen LogP contribution in [0.5, 0.6) is 5.75 Å². The number of oxazole rings is 1. The summed E-state index contributed by atoms with van der Waals surface area (Å²) in [7, 11) is 1.40. The maximum atomic E-state index is 12.6. The molecule has 7 N–H and O–H groups in total. The van der Waals surface area contributed by atoms with Crippen molar-refractivity contribution in [2.45, 2.75) is 19.4 Å². The molecular formula is C27H26ClN7O5. The van der Waals surface area contributed by atoms with Gasteiger partial charge in [-0.3, -0.25) is 19.8 Å². The van der Waals surface area contributed by atoms with Gasteiger partial charge in [-0.15, -0.1) is 0 Å². The minimum atomic E-state index is -1.03. The number of aliphatic imine (C=N–C) groups is 1. The van der Waals surface area contributed by atoms with Gasteiger partial charge in [0.05, 0.1) is 30.3 Å². The Hall–Kier alpha value is -4.97. The van der Waals surface area contributed by atoms with E-state index < -0.39 is 17.5 Å². The normalized spacial score (nSPS) is 13.4. The number of nitrogens with two attached hydrogens (primary N) is 2. The van der Waals surface area contributed by atoms with Gasteiger partial charge < -0.3 is 31.3 Å². The number of methoxy groups -OCH3 is 1. The number of amidine groups is 1. The molecule has 0 atom stereocenters. The standard InChI is InChI=1S/C27H26ClN7O5/c1-39-23-17(27-33-13-20(40-27)26(38)32-12-14-4-2-5-16(28)10-14)6-3-7-18(23)34-19(22(30)24(31)36)11-21(29)35-25(37)15-8-9-15/h2-7,10-11,13,15,30,34H,8-9,12H2,1H3,(H2,31,36)(H,32,38)(H2,29,35,37)/b19-11+,30-22?. The number of rotatable bonds is 11. The van der Waals surface area contributed by atoms with E-state index in [4.69, 9.17) is 37.6 Å². The predicted octanol–water partition coefficient (Wildman–Crippen LogP) is 3.03. The van der Waals surface area contributed by atoms with E-state index in [-0.39, 0.29) is 47.3 Å². The van der Waals surface area contributed by atoms with E-state index in [1.54, 1.807) is 36.4 Å². The molecule has 1 aliphatic rings. The molecule has 206 valence electrons. The number of para-hydroxylation sites is 1. The SMILES string of the molecule is COc1c(N/C(=C/C(N)=NC(=O)C2CC2)C(=N)C(N)=O)cccc1-c1ncc(C(=O)NCc2cccc(Cl)c2)o1. The molecule has 0 unspecified atom stereocenters. The Balaban J connectivity index is 1.57. The highest BCUT2D eigenvalue weighted by Crippen LogP contribution is 2.37. The predicted molar refractivity (Wildman–Crippen MR) is 149 cm³/mol. The van der Waals surface area contributed by atoms with E-state index in [1.165, 1.54) is 19.4 Å². The number of nitrogens with zero attached hydrogens (tertiary/aromatic N) is 2. The van der Waals surface area contributed by atoms with E-state index in [9.17, 15) is 14.4 Å². The summed E-state index contributed by atoms with van der Waals surface area (Å²) in [5.74, 6) is -1.95. The van der Waals surface area contributed by atoms with Crippen LogP contribution in [-0.4, -0.2) is 41.4 Å². The van der Waals surface area contributed by atoms with Crippen molar-refractivity contribution < 1.29 is 23.5 Å². The molecule has 1 saturated carbocycles. The van der Waals surface area contributed by atoms with Crippen molar-refractivity contribution in [3.05, 3.63) is 76.8 Å². The maximum absolute atomic E-state index is 12.6. The Bertz CT molecular complexity index is 1540. The zero-order valence-electron chi connectivity index (χ0n) is 21.4. The number of carbonyl (C=O) groups is 3. The Morgan fingerprint density at radius 3 is 2.65 bits per heavy atom. The highest BCUT2D eigenvalue weighted by atomic mass is 35.5. The van der Waals surface area contributed by atoms with Gasteiger partial charge in [0.1, 0.15) is 11.5 Å². The van der Waals surface area contributed by atoms with Crippen LogP contribution in [0.1, 0.15) is 29.0 Å². The lowest BCUT2D eigenvalue weighted by atomic mass is 10.1. The number of anilines is 1. The first-order valence-corrected chi connectivity index (χ1v) is 12.4. The van der Waals surface area contributed by atoms with Crippen LogP contribution in [0, 0.1) is 11.3 Å². The number of nitrogens with one attached hydrogen (secondary N) is 3. The average molecular weight is 564 g/mol. The summed E-state index contributed by atoms with van der Waals surface area (Å²) in [6.45, 7) is 0.234. The number of halogens is 1. The molecule has 0 radical (unpaired) electrons. The fourth-order valence-electron chi connectivity index (χ4n) is 3.62.